The van der Waals surface area contributed by atoms with Crippen molar-refractivity contribution in [2.75, 3.05) is 13.2 Å². The maximum absolute atomic E-state index is 5.68. The van der Waals surface area contributed by atoms with Crippen LogP contribution in [0.4, 0.5) is 0 Å². The van der Waals surface area contributed by atoms with Gasteiger partial charge in [0, 0.05) is 26.0 Å². The average molecular weight is 223 g/mol. The SMILES string of the molecule is Cn1ccnc1CNCCC1CCCCO1. The molecule has 90 valence electrons. The van der Waals surface area contributed by atoms with Crippen LogP contribution in [0.3, 0.4) is 0 Å². The zero-order valence-corrected chi connectivity index (χ0v) is 9.98. The lowest BCUT2D eigenvalue weighted by molar-refractivity contribution is 0.0115. The van der Waals surface area contributed by atoms with Crippen LogP contribution < -0.4 is 5.32 Å². The molecule has 1 atom stereocenters. The van der Waals surface area contributed by atoms with Gasteiger partial charge in [-0.3, -0.25) is 0 Å². The number of hydrogen-bond donors (Lipinski definition) is 1. The van der Waals surface area contributed by atoms with Crippen LogP contribution in [0.1, 0.15) is 31.5 Å². The van der Waals surface area contributed by atoms with Crippen LogP contribution in [0.2, 0.25) is 0 Å². The molecule has 1 aromatic heterocycles. The Balaban J connectivity index is 1.59. The molecule has 4 nitrogen and oxygen atoms in total. The summed E-state index contributed by atoms with van der Waals surface area (Å²) in [7, 11) is 2.02. The molecule has 0 aliphatic carbocycles. The van der Waals surface area contributed by atoms with Crippen molar-refractivity contribution < 1.29 is 4.74 Å². The first-order valence-electron chi connectivity index (χ1n) is 6.15. The van der Waals surface area contributed by atoms with Crippen molar-refractivity contribution in [3.63, 3.8) is 0 Å². The van der Waals surface area contributed by atoms with Crippen LogP contribution in [0.15, 0.2) is 12.4 Å². The quantitative estimate of drug-likeness (QED) is 0.768. The van der Waals surface area contributed by atoms with E-state index in [1.165, 1.54) is 19.3 Å². The molecule has 0 radical (unpaired) electrons. The highest BCUT2D eigenvalue weighted by molar-refractivity contribution is 4.90. The molecular formula is C12H21N3O. The molecule has 1 unspecified atom stereocenters. The lowest BCUT2D eigenvalue weighted by atomic mass is 10.1. The fourth-order valence-electron chi connectivity index (χ4n) is 2.07. The molecule has 16 heavy (non-hydrogen) atoms. The second-order valence-electron chi connectivity index (χ2n) is 4.41. The molecule has 4 heteroatoms. The highest BCUT2D eigenvalue weighted by Gasteiger charge is 2.12. The number of aromatic nitrogens is 2. The van der Waals surface area contributed by atoms with Crippen LogP contribution in [0.25, 0.3) is 0 Å². The van der Waals surface area contributed by atoms with Gasteiger partial charge in [0.15, 0.2) is 0 Å². The van der Waals surface area contributed by atoms with E-state index in [0.29, 0.717) is 6.10 Å². The van der Waals surface area contributed by atoms with Crippen molar-refractivity contribution in [3.05, 3.63) is 18.2 Å². The van der Waals surface area contributed by atoms with Crippen molar-refractivity contribution in [3.8, 4) is 0 Å². The molecule has 0 spiro atoms. The standard InChI is InChI=1S/C12H21N3O/c1-15-8-7-14-12(15)10-13-6-5-11-4-2-3-9-16-11/h7-8,11,13H,2-6,9-10H2,1H3. The van der Waals surface area contributed by atoms with Gasteiger partial charge in [-0.05, 0) is 32.2 Å². The number of ether oxygens (including phenoxy) is 1. The molecule has 1 N–H and O–H groups in total. The number of hydrogen-bond acceptors (Lipinski definition) is 3. The minimum Gasteiger partial charge on any atom is -0.378 e. The third-order valence-electron chi connectivity index (χ3n) is 3.12. The Bertz CT molecular complexity index is 305. The fraction of sp³-hybridized carbons (Fsp3) is 0.750. The Morgan fingerprint density at radius 1 is 1.56 bits per heavy atom. The molecule has 1 fully saturated rings. The maximum atomic E-state index is 5.68. The average Bonchev–Trinajstić information content (AvgIpc) is 2.72. The monoisotopic (exact) mass is 223 g/mol. The van der Waals surface area contributed by atoms with E-state index in [4.69, 9.17) is 4.74 Å². The van der Waals surface area contributed by atoms with Gasteiger partial charge in [0.25, 0.3) is 0 Å². The van der Waals surface area contributed by atoms with E-state index in [1.54, 1.807) is 0 Å². The molecule has 1 saturated heterocycles. The summed E-state index contributed by atoms with van der Waals surface area (Å²) in [6.45, 7) is 2.80. The zero-order valence-electron chi connectivity index (χ0n) is 9.98. The molecule has 1 aliphatic rings. The summed E-state index contributed by atoms with van der Waals surface area (Å²) in [4.78, 5) is 4.27. The molecule has 0 bridgehead atoms. The van der Waals surface area contributed by atoms with E-state index in [0.717, 1.165) is 31.9 Å². The predicted octanol–water partition coefficient (Wildman–Crippen LogP) is 1.47. The van der Waals surface area contributed by atoms with E-state index in [2.05, 4.69) is 10.3 Å². The van der Waals surface area contributed by atoms with E-state index in [1.807, 2.05) is 24.0 Å². The zero-order chi connectivity index (χ0) is 11.2. The summed E-state index contributed by atoms with van der Waals surface area (Å²) >= 11 is 0. The molecule has 1 aromatic rings. The van der Waals surface area contributed by atoms with Gasteiger partial charge in [0.2, 0.25) is 0 Å². The molecule has 2 rings (SSSR count). The Morgan fingerprint density at radius 3 is 3.19 bits per heavy atom. The Morgan fingerprint density at radius 2 is 2.50 bits per heavy atom. The van der Waals surface area contributed by atoms with Crippen LogP contribution in [0, 0.1) is 0 Å². The summed E-state index contributed by atoms with van der Waals surface area (Å²) < 4.78 is 7.72. The number of rotatable bonds is 5. The molecule has 0 saturated carbocycles. The second kappa shape index (κ2) is 6.01. The maximum Gasteiger partial charge on any atom is 0.122 e. The first-order valence-corrected chi connectivity index (χ1v) is 6.15. The van der Waals surface area contributed by atoms with E-state index in [-0.39, 0.29) is 0 Å². The summed E-state index contributed by atoms with van der Waals surface area (Å²) in [5.41, 5.74) is 0. The van der Waals surface area contributed by atoms with Crippen LogP contribution in [0.5, 0.6) is 0 Å². The Kier molecular flexibility index (Phi) is 4.36. The van der Waals surface area contributed by atoms with Crippen LogP contribution >= 0.6 is 0 Å². The van der Waals surface area contributed by atoms with Crippen molar-refractivity contribution in [1.29, 1.82) is 0 Å². The van der Waals surface area contributed by atoms with Crippen LogP contribution in [-0.2, 0) is 18.3 Å². The van der Waals surface area contributed by atoms with E-state index in [9.17, 15) is 0 Å². The summed E-state index contributed by atoms with van der Waals surface area (Å²) in [6, 6.07) is 0. The highest BCUT2D eigenvalue weighted by Crippen LogP contribution is 2.14. The highest BCUT2D eigenvalue weighted by atomic mass is 16.5. The van der Waals surface area contributed by atoms with E-state index >= 15 is 0 Å². The number of imidazole rings is 1. The van der Waals surface area contributed by atoms with Crippen LogP contribution in [-0.4, -0.2) is 28.8 Å². The molecule has 0 amide bonds. The fourth-order valence-corrected chi connectivity index (χ4v) is 2.07. The predicted molar refractivity (Wildman–Crippen MR) is 63.1 cm³/mol. The van der Waals surface area contributed by atoms with Gasteiger partial charge >= 0.3 is 0 Å². The summed E-state index contributed by atoms with van der Waals surface area (Å²) in [6.07, 6.45) is 9.18. The van der Waals surface area contributed by atoms with Gasteiger partial charge < -0.3 is 14.6 Å². The minimum absolute atomic E-state index is 0.475. The molecular weight excluding hydrogens is 202 g/mol. The lowest BCUT2D eigenvalue weighted by Gasteiger charge is -2.22. The topological polar surface area (TPSA) is 39.1 Å². The number of aryl methyl sites for hydroxylation is 1. The van der Waals surface area contributed by atoms with Gasteiger partial charge in [0.05, 0.1) is 12.6 Å². The van der Waals surface area contributed by atoms with Crippen molar-refractivity contribution >= 4 is 0 Å². The normalized spacial score (nSPS) is 21.2. The smallest absolute Gasteiger partial charge is 0.122 e. The van der Waals surface area contributed by atoms with Crippen molar-refractivity contribution in [2.24, 2.45) is 7.05 Å². The molecule has 1 aliphatic heterocycles. The Labute approximate surface area is 97.0 Å². The van der Waals surface area contributed by atoms with Gasteiger partial charge in [-0.2, -0.15) is 0 Å². The third kappa shape index (κ3) is 3.32. The number of nitrogens with one attached hydrogen (secondary N) is 1. The van der Waals surface area contributed by atoms with Gasteiger partial charge in [-0.1, -0.05) is 0 Å². The summed E-state index contributed by atoms with van der Waals surface area (Å²) in [5.74, 6) is 1.09. The van der Waals surface area contributed by atoms with Gasteiger partial charge in [0.1, 0.15) is 5.82 Å². The van der Waals surface area contributed by atoms with Crippen molar-refractivity contribution in [2.45, 2.75) is 38.3 Å². The first-order chi connectivity index (χ1) is 7.86. The second-order valence-corrected chi connectivity index (χ2v) is 4.41. The molecule has 2 heterocycles. The van der Waals surface area contributed by atoms with Gasteiger partial charge in [-0.25, -0.2) is 4.98 Å². The van der Waals surface area contributed by atoms with Gasteiger partial charge in [-0.15, -0.1) is 0 Å². The summed E-state index contributed by atoms with van der Waals surface area (Å²) in [5, 5.41) is 3.41. The Hall–Kier alpha value is -0.870. The van der Waals surface area contributed by atoms with Crippen molar-refractivity contribution in [1.82, 2.24) is 14.9 Å². The van der Waals surface area contributed by atoms with E-state index < -0.39 is 0 Å². The largest absolute Gasteiger partial charge is 0.378 e. The minimum atomic E-state index is 0.475. The first kappa shape index (κ1) is 11.6. The number of nitrogens with zero attached hydrogens (tertiary/aromatic N) is 2. The molecule has 0 aromatic carbocycles. The lowest BCUT2D eigenvalue weighted by Crippen LogP contribution is -2.25. The third-order valence-corrected chi connectivity index (χ3v) is 3.12.